The predicted octanol–water partition coefficient (Wildman–Crippen LogP) is 1.65. The van der Waals surface area contributed by atoms with Crippen LogP contribution in [-0.2, 0) is 0 Å². The van der Waals surface area contributed by atoms with Crippen LogP contribution in [0.2, 0.25) is 0 Å². The SMILES string of the molecule is CCNc1ncnc(-c2c(OC)ncnc2C2CC2)n1. The molecule has 2 aromatic heterocycles. The molecule has 0 radical (unpaired) electrons. The van der Waals surface area contributed by atoms with Gasteiger partial charge in [-0.3, -0.25) is 0 Å². The van der Waals surface area contributed by atoms with Gasteiger partial charge >= 0.3 is 0 Å². The molecule has 20 heavy (non-hydrogen) atoms. The number of nitrogens with zero attached hydrogens (tertiary/aromatic N) is 5. The Morgan fingerprint density at radius 3 is 2.70 bits per heavy atom. The molecular formula is C13H16N6O. The van der Waals surface area contributed by atoms with Crippen LogP contribution in [0.1, 0.15) is 31.4 Å². The molecular weight excluding hydrogens is 256 g/mol. The Morgan fingerprint density at radius 2 is 2.00 bits per heavy atom. The molecule has 1 saturated carbocycles. The van der Waals surface area contributed by atoms with E-state index in [1.54, 1.807) is 7.11 Å². The van der Waals surface area contributed by atoms with Crippen LogP contribution in [0.15, 0.2) is 12.7 Å². The van der Waals surface area contributed by atoms with Crippen LogP contribution in [0.4, 0.5) is 5.95 Å². The third-order valence-electron chi connectivity index (χ3n) is 3.13. The van der Waals surface area contributed by atoms with Gasteiger partial charge in [0, 0.05) is 12.5 Å². The standard InChI is InChI=1S/C13H16N6O/c1-3-14-13-18-7-16-11(19-13)9-10(8-4-5-8)15-6-17-12(9)20-2/h6-8H,3-5H2,1-2H3,(H,14,16,18,19). The van der Waals surface area contributed by atoms with Crippen LogP contribution in [0.25, 0.3) is 11.4 Å². The highest BCUT2D eigenvalue weighted by atomic mass is 16.5. The van der Waals surface area contributed by atoms with E-state index in [-0.39, 0.29) is 0 Å². The van der Waals surface area contributed by atoms with Gasteiger partial charge in [0.2, 0.25) is 11.8 Å². The molecule has 0 atom stereocenters. The second-order valence-corrected chi connectivity index (χ2v) is 4.58. The third kappa shape index (κ3) is 2.38. The molecule has 0 amide bonds. The number of hydrogen-bond acceptors (Lipinski definition) is 7. The lowest BCUT2D eigenvalue weighted by Crippen LogP contribution is -2.06. The third-order valence-corrected chi connectivity index (χ3v) is 3.13. The summed E-state index contributed by atoms with van der Waals surface area (Å²) in [5, 5.41) is 3.08. The van der Waals surface area contributed by atoms with Gasteiger partial charge in [0.05, 0.1) is 12.8 Å². The van der Waals surface area contributed by atoms with E-state index in [0.717, 1.165) is 30.6 Å². The zero-order valence-electron chi connectivity index (χ0n) is 11.5. The van der Waals surface area contributed by atoms with E-state index in [1.807, 2.05) is 6.92 Å². The highest BCUT2D eigenvalue weighted by Crippen LogP contribution is 2.44. The number of ether oxygens (including phenoxy) is 1. The van der Waals surface area contributed by atoms with E-state index in [1.165, 1.54) is 12.7 Å². The Hall–Kier alpha value is -2.31. The van der Waals surface area contributed by atoms with Crippen molar-refractivity contribution in [2.45, 2.75) is 25.7 Å². The summed E-state index contributed by atoms with van der Waals surface area (Å²) in [7, 11) is 1.59. The molecule has 0 unspecified atom stereocenters. The summed E-state index contributed by atoms with van der Waals surface area (Å²) in [6, 6.07) is 0. The van der Waals surface area contributed by atoms with Gasteiger partial charge in [0.15, 0.2) is 5.82 Å². The van der Waals surface area contributed by atoms with E-state index >= 15 is 0 Å². The quantitative estimate of drug-likeness (QED) is 0.885. The molecule has 1 N–H and O–H groups in total. The number of methoxy groups -OCH3 is 1. The first-order valence-corrected chi connectivity index (χ1v) is 6.65. The van der Waals surface area contributed by atoms with Gasteiger partial charge in [-0.2, -0.15) is 4.98 Å². The molecule has 7 heteroatoms. The Balaban J connectivity index is 2.10. The van der Waals surface area contributed by atoms with Crippen LogP contribution < -0.4 is 10.1 Å². The number of aromatic nitrogens is 5. The second kappa shape index (κ2) is 5.36. The first-order chi connectivity index (χ1) is 9.83. The Labute approximate surface area is 116 Å². The maximum Gasteiger partial charge on any atom is 0.227 e. The molecule has 104 valence electrons. The van der Waals surface area contributed by atoms with Crippen molar-refractivity contribution in [3.05, 3.63) is 18.3 Å². The van der Waals surface area contributed by atoms with Crippen LogP contribution in [-0.4, -0.2) is 38.6 Å². The fourth-order valence-electron chi connectivity index (χ4n) is 2.07. The smallest absolute Gasteiger partial charge is 0.227 e. The average Bonchev–Trinajstić information content (AvgIpc) is 3.31. The molecule has 7 nitrogen and oxygen atoms in total. The maximum atomic E-state index is 5.35. The maximum absolute atomic E-state index is 5.35. The van der Waals surface area contributed by atoms with Crippen molar-refractivity contribution in [2.24, 2.45) is 0 Å². The van der Waals surface area contributed by atoms with Crippen molar-refractivity contribution in [3.8, 4) is 17.3 Å². The number of nitrogens with one attached hydrogen (secondary N) is 1. The average molecular weight is 272 g/mol. The van der Waals surface area contributed by atoms with Crippen molar-refractivity contribution < 1.29 is 4.74 Å². The van der Waals surface area contributed by atoms with Gasteiger partial charge < -0.3 is 10.1 Å². The van der Waals surface area contributed by atoms with Gasteiger partial charge in [-0.25, -0.2) is 19.9 Å². The normalized spacial score (nSPS) is 14.1. The lowest BCUT2D eigenvalue weighted by Gasteiger charge is -2.10. The monoisotopic (exact) mass is 272 g/mol. The molecule has 2 heterocycles. The van der Waals surface area contributed by atoms with Crippen LogP contribution >= 0.6 is 0 Å². The van der Waals surface area contributed by atoms with Crippen molar-refractivity contribution >= 4 is 5.95 Å². The predicted molar refractivity (Wildman–Crippen MR) is 73.5 cm³/mol. The molecule has 2 aromatic rings. The molecule has 1 aliphatic rings. The fourth-order valence-corrected chi connectivity index (χ4v) is 2.07. The first-order valence-electron chi connectivity index (χ1n) is 6.65. The van der Waals surface area contributed by atoms with Gasteiger partial charge in [-0.1, -0.05) is 0 Å². The molecule has 0 aliphatic heterocycles. The zero-order valence-corrected chi connectivity index (χ0v) is 11.5. The minimum Gasteiger partial charge on any atom is -0.480 e. The van der Waals surface area contributed by atoms with Gasteiger partial charge in [-0.15, -0.1) is 0 Å². The summed E-state index contributed by atoms with van der Waals surface area (Å²) in [5.41, 5.74) is 1.74. The molecule has 3 rings (SSSR count). The lowest BCUT2D eigenvalue weighted by molar-refractivity contribution is 0.397. The first kappa shape index (κ1) is 12.7. The number of rotatable bonds is 5. The molecule has 0 aromatic carbocycles. The summed E-state index contributed by atoms with van der Waals surface area (Å²) in [4.78, 5) is 21.3. The summed E-state index contributed by atoms with van der Waals surface area (Å²) < 4.78 is 5.35. The molecule has 0 spiro atoms. The molecule has 1 fully saturated rings. The summed E-state index contributed by atoms with van der Waals surface area (Å²) in [6.07, 6.45) is 5.29. The highest BCUT2D eigenvalue weighted by molar-refractivity contribution is 5.66. The Bertz CT molecular complexity index is 614. The Morgan fingerprint density at radius 1 is 1.20 bits per heavy atom. The van der Waals surface area contributed by atoms with Gasteiger partial charge in [0.25, 0.3) is 0 Å². The second-order valence-electron chi connectivity index (χ2n) is 4.58. The van der Waals surface area contributed by atoms with Crippen molar-refractivity contribution in [2.75, 3.05) is 19.0 Å². The minimum atomic E-state index is 0.459. The van der Waals surface area contributed by atoms with Crippen LogP contribution in [0.3, 0.4) is 0 Å². The van der Waals surface area contributed by atoms with E-state index in [2.05, 4.69) is 30.2 Å². The van der Waals surface area contributed by atoms with Crippen molar-refractivity contribution in [3.63, 3.8) is 0 Å². The molecule has 0 bridgehead atoms. The van der Waals surface area contributed by atoms with E-state index in [4.69, 9.17) is 4.74 Å². The van der Waals surface area contributed by atoms with Crippen LogP contribution in [0.5, 0.6) is 5.88 Å². The van der Waals surface area contributed by atoms with E-state index < -0.39 is 0 Å². The largest absolute Gasteiger partial charge is 0.480 e. The summed E-state index contributed by atoms with van der Waals surface area (Å²) in [5.74, 6) is 2.07. The highest BCUT2D eigenvalue weighted by Gasteiger charge is 2.31. The topological polar surface area (TPSA) is 85.7 Å². The molecule has 1 aliphatic carbocycles. The lowest BCUT2D eigenvalue weighted by atomic mass is 10.1. The zero-order chi connectivity index (χ0) is 13.9. The summed E-state index contributed by atoms with van der Waals surface area (Å²) in [6.45, 7) is 2.74. The van der Waals surface area contributed by atoms with Crippen molar-refractivity contribution in [1.29, 1.82) is 0 Å². The Kier molecular flexibility index (Phi) is 3.41. The number of anilines is 1. The molecule has 0 saturated heterocycles. The van der Waals surface area contributed by atoms with Gasteiger partial charge in [0.1, 0.15) is 18.2 Å². The van der Waals surface area contributed by atoms with Crippen LogP contribution in [0, 0.1) is 0 Å². The number of hydrogen-bond donors (Lipinski definition) is 1. The fraction of sp³-hybridized carbons (Fsp3) is 0.462. The minimum absolute atomic E-state index is 0.459. The van der Waals surface area contributed by atoms with Gasteiger partial charge in [-0.05, 0) is 19.8 Å². The summed E-state index contributed by atoms with van der Waals surface area (Å²) >= 11 is 0. The van der Waals surface area contributed by atoms with E-state index in [9.17, 15) is 0 Å². The van der Waals surface area contributed by atoms with E-state index in [0.29, 0.717) is 23.6 Å². The van der Waals surface area contributed by atoms with Crippen molar-refractivity contribution in [1.82, 2.24) is 24.9 Å².